The molecule has 0 bridgehead atoms. The number of nitrogens with zero attached hydrogens (tertiary/aromatic N) is 1. The fourth-order valence-corrected chi connectivity index (χ4v) is 3.45. The van der Waals surface area contributed by atoms with Crippen molar-refractivity contribution in [2.24, 2.45) is 11.8 Å². The van der Waals surface area contributed by atoms with Gasteiger partial charge in [0.25, 0.3) is 0 Å². The number of carbonyl (C=O) groups excluding carboxylic acids is 3. The number of halogens is 1. The molecule has 1 heterocycles. The Bertz CT molecular complexity index is 688. The van der Waals surface area contributed by atoms with Crippen LogP contribution in [0.15, 0.2) is 36.4 Å². The standard InChI is InChI=1S/C19H21FN2O3/c1-12(13-6-8-14(20)9-7-13)21-17(23)10-11-22-18(24)15-4-2-3-5-16(15)19(22)25/h2-3,6-9,12,15-16H,4-5,10-11H2,1H3,(H,21,23)/t12?,15-,16+. The van der Waals surface area contributed by atoms with Crippen molar-refractivity contribution in [2.75, 3.05) is 6.54 Å². The minimum atomic E-state index is -0.329. The van der Waals surface area contributed by atoms with Gasteiger partial charge in [-0.3, -0.25) is 19.3 Å². The Hall–Kier alpha value is -2.50. The van der Waals surface area contributed by atoms with Crippen LogP contribution in [0.5, 0.6) is 0 Å². The summed E-state index contributed by atoms with van der Waals surface area (Å²) in [6, 6.07) is 5.65. The molecule has 1 saturated heterocycles. The lowest BCUT2D eigenvalue weighted by atomic mass is 9.85. The molecule has 1 aliphatic carbocycles. The Morgan fingerprint density at radius 3 is 2.28 bits per heavy atom. The number of amides is 3. The number of fused-ring (bicyclic) bond motifs is 1. The van der Waals surface area contributed by atoms with Crippen LogP contribution in [0.4, 0.5) is 4.39 Å². The van der Waals surface area contributed by atoms with E-state index in [1.165, 1.54) is 17.0 Å². The first kappa shape index (κ1) is 17.3. The fourth-order valence-electron chi connectivity index (χ4n) is 3.45. The van der Waals surface area contributed by atoms with Crippen molar-refractivity contribution in [3.05, 3.63) is 47.8 Å². The van der Waals surface area contributed by atoms with Crippen molar-refractivity contribution in [3.63, 3.8) is 0 Å². The van der Waals surface area contributed by atoms with Gasteiger partial charge in [0.1, 0.15) is 5.82 Å². The lowest BCUT2D eigenvalue weighted by Crippen LogP contribution is -2.36. The first-order chi connectivity index (χ1) is 12.0. The summed E-state index contributed by atoms with van der Waals surface area (Å²) in [7, 11) is 0. The molecule has 1 fully saturated rings. The van der Waals surface area contributed by atoms with E-state index in [0.717, 1.165) is 5.56 Å². The summed E-state index contributed by atoms with van der Waals surface area (Å²) in [5.74, 6) is -1.44. The maximum atomic E-state index is 12.9. The molecule has 1 N–H and O–H groups in total. The molecule has 5 nitrogen and oxygen atoms in total. The highest BCUT2D eigenvalue weighted by Crippen LogP contribution is 2.34. The molecule has 25 heavy (non-hydrogen) atoms. The molecular formula is C19H21FN2O3. The third kappa shape index (κ3) is 3.62. The monoisotopic (exact) mass is 344 g/mol. The number of likely N-dealkylation sites (tertiary alicyclic amines) is 1. The quantitative estimate of drug-likeness (QED) is 0.659. The highest BCUT2D eigenvalue weighted by atomic mass is 19.1. The van der Waals surface area contributed by atoms with Crippen LogP contribution in [0.1, 0.15) is 37.8 Å². The van der Waals surface area contributed by atoms with Crippen molar-refractivity contribution in [1.29, 1.82) is 0 Å². The van der Waals surface area contributed by atoms with Crippen molar-refractivity contribution in [2.45, 2.75) is 32.2 Å². The van der Waals surface area contributed by atoms with E-state index in [1.54, 1.807) is 19.1 Å². The van der Waals surface area contributed by atoms with Gasteiger partial charge in [-0.2, -0.15) is 0 Å². The maximum Gasteiger partial charge on any atom is 0.233 e. The number of allylic oxidation sites excluding steroid dienone is 2. The van der Waals surface area contributed by atoms with E-state index in [2.05, 4.69) is 5.32 Å². The summed E-state index contributed by atoms with van der Waals surface area (Å²) < 4.78 is 12.9. The van der Waals surface area contributed by atoms with Crippen LogP contribution in [0.25, 0.3) is 0 Å². The van der Waals surface area contributed by atoms with Crippen molar-refractivity contribution in [1.82, 2.24) is 10.2 Å². The molecule has 2 aliphatic rings. The van der Waals surface area contributed by atoms with E-state index in [0.29, 0.717) is 12.8 Å². The SMILES string of the molecule is CC(NC(=O)CCN1C(=O)[C@H]2CC=CC[C@H]2C1=O)c1ccc(F)cc1. The molecule has 0 aromatic heterocycles. The minimum absolute atomic E-state index is 0.0654. The molecule has 0 saturated carbocycles. The zero-order valence-electron chi connectivity index (χ0n) is 14.1. The van der Waals surface area contributed by atoms with Crippen LogP contribution in [0, 0.1) is 17.7 Å². The van der Waals surface area contributed by atoms with Crippen molar-refractivity contribution in [3.8, 4) is 0 Å². The van der Waals surface area contributed by atoms with Gasteiger partial charge in [0, 0.05) is 13.0 Å². The predicted octanol–water partition coefficient (Wildman–Crippen LogP) is 2.34. The second-order valence-corrected chi connectivity index (χ2v) is 6.57. The Balaban J connectivity index is 1.53. The zero-order chi connectivity index (χ0) is 18.0. The molecule has 3 rings (SSSR count). The topological polar surface area (TPSA) is 66.5 Å². The lowest BCUT2D eigenvalue weighted by Gasteiger charge is -2.17. The molecule has 3 amide bonds. The molecule has 0 radical (unpaired) electrons. The molecule has 1 unspecified atom stereocenters. The smallest absolute Gasteiger partial charge is 0.233 e. The average molecular weight is 344 g/mol. The lowest BCUT2D eigenvalue weighted by molar-refractivity contribution is -0.140. The third-order valence-corrected chi connectivity index (χ3v) is 4.91. The van der Waals surface area contributed by atoms with Gasteiger partial charge in [-0.15, -0.1) is 0 Å². The maximum absolute atomic E-state index is 12.9. The number of benzene rings is 1. The summed E-state index contributed by atoms with van der Waals surface area (Å²) in [4.78, 5) is 38.0. The van der Waals surface area contributed by atoms with Crippen LogP contribution >= 0.6 is 0 Å². The van der Waals surface area contributed by atoms with Gasteiger partial charge < -0.3 is 5.32 Å². The van der Waals surface area contributed by atoms with E-state index in [4.69, 9.17) is 0 Å². The summed E-state index contributed by atoms with van der Waals surface area (Å²) >= 11 is 0. The zero-order valence-corrected chi connectivity index (χ0v) is 14.1. The van der Waals surface area contributed by atoms with Crippen LogP contribution in [0.2, 0.25) is 0 Å². The van der Waals surface area contributed by atoms with Crippen molar-refractivity contribution >= 4 is 17.7 Å². The molecule has 1 aromatic rings. The summed E-state index contributed by atoms with van der Waals surface area (Å²) in [5, 5.41) is 2.81. The van der Waals surface area contributed by atoms with E-state index in [1.807, 2.05) is 12.2 Å². The number of imide groups is 1. The molecule has 1 aromatic carbocycles. The molecule has 3 atom stereocenters. The number of hydrogen-bond donors (Lipinski definition) is 1. The van der Waals surface area contributed by atoms with E-state index < -0.39 is 0 Å². The fraction of sp³-hybridized carbons (Fsp3) is 0.421. The first-order valence-corrected chi connectivity index (χ1v) is 8.52. The summed E-state index contributed by atoms with van der Waals surface area (Å²) in [6.45, 7) is 1.91. The normalized spacial score (nSPS) is 23.5. The van der Waals surface area contributed by atoms with Gasteiger partial charge >= 0.3 is 0 Å². The molecule has 1 aliphatic heterocycles. The van der Waals surface area contributed by atoms with Gasteiger partial charge in [0.15, 0.2) is 0 Å². The summed E-state index contributed by atoms with van der Waals surface area (Å²) in [6.07, 6.45) is 5.13. The summed E-state index contributed by atoms with van der Waals surface area (Å²) in [5.41, 5.74) is 0.792. The number of carbonyl (C=O) groups is 3. The molecule has 132 valence electrons. The third-order valence-electron chi connectivity index (χ3n) is 4.91. The predicted molar refractivity (Wildman–Crippen MR) is 89.6 cm³/mol. The van der Waals surface area contributed by atoms with Gasteiger partial charge in [-0.1, -0.05) is 24.3 Å². The van der Waals surface area contributed by atoms with Crippen LogP contribution in [0.3, 0.4) is 0 Å². The van der Waals surface area contributed by atoms with E-state index >= 15 is 0 Å². The highest BCUT2D eigenvalue weighted by molar-refractivity contribution is 6.05. The van der Waals surface area contributed by atoms with E-state index in [-0.39, 0.29) is 54.4 Å². The second-order valence-electron chi connectivity index (χ2n) is 6.57. The van der Waals surface area contributed by atoms with Crippen molar-refractivity contribution < 1.29 is 18.8 Å². The van der Waals surface area contributed by atoms with E-state index in [9.17, 15) is 18.8 Å². The first-order valence-electron chi connectivity index (χ1n) is 8.52. The molecule has 6 heteroatoms. The van der Waals surface area contributed by atoms with Gasteiger partial charge in [-0.25, -0.2) is 4.39 Å². The second kappa shape index (κ2) is 7.17. The van der Waals surface area contributed by atoms with Gasteiger partial charge in [0.05, 0.1) is 17.9 Å². The average Bonchev–Trinajstić information content (AvgIpc) is 2.85. The number of rotatable bonds is 5. The Labute approximate surface area is 145 Å². The molecular weight excluding hydrogens is 323 g/mol. The number of nitrogens with one attached hydrogen (secondary N) is 1. The van der Waals surface area contributed by atoms with Gasteiger partial charge in [0.2, 0.25) is 17.7 Å². The Morgan fingerprint density at radius 2 is 1.72 bits per heavy atom. The largest absolute Gasteiger partial charge is 0.350 e. The van der Waals surface area contributed by atoms with Crippen LogP contribution in [-0.2, 0) is 14.4 Å². The Morgan fingerprint density at radius 1 is 1.16 bits per heavy atom. The van der Waals surface area contributed by atoms with Gasteiger partial charge in [-0.05, 0) is 37.5 Å². The highest BCUT2D eigenvalue weighted by Gasteiger charge is 2.46. The minimum Gasteiger partial charge on any atom is -0.350 e. The molecule has 0 spiro atoms. The number of hydrogen-bond acceptors (Lipinski definition) is 3. The van der Waals surface area contributed by atoms with Crippen LogP contribution < -0.4 is 5.32 Å². The van der Waals surface area contributed by atoms with Crippen LogP contribution in [-0.4, -0.2) is 29.2 Å². The Kier molecular flexibility index (Phi) is 4.97.